The number of hydrogen-bond acceptors (Lipinski definition) is 2. The van der Waals surface area contributed by atoms with Crippen molar-refractivity contribution in [1.82, 2.24) is 0 Å². The normalized spacial score (nSPS) is 10.8. The Morgan fingerprint density at radius 2 is 2.07 bits per heavy atom. The van der Waals surface area contributed by atoms with Gasteiger partial charge in [0, 0.05) is 11.8 Å². The molecule has 0 aliphatic heterocycles. The van der Waals surface area contributed by atoms with Crippen molar-refractivity contribution in [3.8, 4) is 6.07 Å². The Kier molecular flexibility index (Phi) is 3.26. The molecule has 0 amide bonds. The summed E-state index contributed by atoms with van der Waals surface area (Å²) in [6.07, 6.45) is 0.402. The number of nitriles is 1. The largest absolute Gasteiger partial charge is 0.299 e. The molecular formula is C13H15NO. The van der Waals surface area contributed by atoms with Crippen molar-refractivity contribution in [2.45, 2.75) is 27.2 Å². The summed E-state index contributed by atoms with van der Waals surface area (Å²) in [5.41, 5.74) is 1.20. The fourth-order valence-corrected chi connectivity index (χ4v) is 1.20. The molecule has 0 bridgehead atoms. The first-order chi connectivity index (χ1) is 6.93. The van der Waals surface area contributed by atoms with Crippen molar-refractivity contribution in [2.24, 2.45) is 5.41 Å². The third kappa shape index (κ3) is 3.21. The summed E-state index contributed by atoms with van der Waals surface area (Å²) in [5.74, 6) is 0.192. The Hall–Kier alpha value is -1.62. The lowest BCUT2D eigenvalue weighted by Crippen LogP contribution is -2.22. The van der Waals surface area contributed by atoms with E-state index in [2.05, 4.69) is 6.07 Å². The van der Waals surface area contributed by atoms with Gasteiger partial charge in [0.05, 0.1) is 11.6 Å². The highest BCUT2D eigenvalue weighted by Crippen LogP contribution is 2.18. The lowest BCUT2D eigenvalue weighted by molar-refractivity contribution is -0.125. The van der Waals surface area contributed by atoms with Gasteiger partial charge in [-0.3, -0.25) is 4.79 Å². The third-order valence-electron chi connectivity index (χ3n) is 2.26. The molecule has 0 N–H and O–H groups in total. The van der Waals surface area contributed by atoms with Crippen LogP contribution in [0.2, 0.25) is 0 Å². The van der Waals surface area contributed by atoms with E-state index in [-0.39, 0.29) is 11.2 Å². The van der Waals surface area contributed by atoms with Crippen molar-refractivity contribution in [2.75, 3.05) is 0 Å². The fourth-order valence-electron chi connectivity index (χ4n) is 1.20. The van der Waals surface area contributed by atoms with Crippen LogP contribution in [0.15, 0.2) is 24.3 Å². The van der Waals surface area contributed by atoms with Gasteiger partial charge in [-0.25, -0.2) is 0 Å². The predicted molar refractivity (Wildman–Crippen MR) is 59.3 cm³/mol. The first-order valence-corrected chi connectivity index (χ1v) is 4.96. The summed E-state index contributed by atoms with van der Waals surface area (Å²) < 4.78 is 0. The van der Waals surface area contributed by atoms with E-state index in [1.807, 2.05) is 32.9 Å². The molecule has 1 rings (SSSR count). The number of carbonyl (C=O) groups is 1. The molecule has 0 radical (unpaired) electrons. The molecule has 0 fully saturated rings. The van der Waals surface area contributed by atoms with E-state index in [0.29, 0.717) is 12.0 Å². The monoisotopic (exact) mass is 201 g/mol. The van der Waals surface area contributed by atoms with Gasteiger partial charge >= 0.3 is 0 Å². The van der Waals surface area contributed by atoms with Gasteiger partial charge in [-0.1, -0.05) is 32.9 Å². The maximum atomic E-state index is 11.8. The summed E-state index contributed by atoms with van der Waals surface area (Å²) in [6.45, 7) is 5.72. The highest BCUT2D eigenvalue weighted by molar-refractivity contribution is 5.85. The smallest absolute Gasteiger partial charge is 0.142 e. The molecule has 1 aromatic carbocycles. The molecule has 0 aromatic heterocycles. The molecule has 0 aliphatic carbocycles. The molecule has 0 saturated carbocycles. The zero-order valence-electron chi connectivity index (χ0n) is 9.37. The van der Waals surface area contributed by atoms with E-state index in [1.54, 1.807) is 12.1 Å². The minimum absolute atomic E-state index is 0.192. The van der Waals surface area contributed by atoms with Gasteiger partial charge in [-0.2, -0.15) is 5.26 Å². The number of carbonyl (C=O) groups excluding carboxylic acids is 1. The van der Waals surface area contributed by atoms with Crippen LogP contribution in [0.3, 0.4) is 0 Å². The van der Waals surface area contributed by atoms with Crippen LogP contribution in [0.25, 0.3) is 0 Å². The van der Waals surface area contributed by atoms with Crippen molar-refractivity contribution in [1.29, 1.82) is 5.26 Å². The fraction of sp³-hybridized carbons (Fsp3) is 0.385. The second-order valence-electron chi connectivity index (χ2n) is 4.66. The molecule has 0 heterocycles. The maximum Gasteiger partial charge on any atom is 0.142 e. The molecular weight excluding hydrogens is 186 g/mol. The molecule has 2 nitrogen and oxygen atoms in total. The highest BCUT2D eigenvalue weighted by Gasteiger charge is 2.20. The van der Waals surface area contributed by atoms with Gasteiger partial charge < -0.3 is 0 Å². The average Bonchev–Trinajstić information content (AvgIpc) is 2.16. The minimum atomic E-state index is -0.317. The van der Waals surface area contributed by atoms with E-state index in [1.165, 1.54) is 0 Å². The Morgan fingerprint density at radius 1 is 1.40 bits per heavy atom. The van der Waals surface area contributed by atoms with Crippen LogP contribution in [-0.2, 0) is 11.2 Å². The Bertz CT molecular complexity index is 407. The first kappa shape index (κ1) is 11.5. The minimum Gasteiger partial charge on any atom is -0.299 e. The van der Waals surface area contributed by atoms with Crippen molar-refractivity contribution >= 4 is 5.78 Å². The van der Waals surface area contributed by atoms with Gasteiger partial charge in [0.15, 0.2) is 0 Å². The topological polar surface area (TPSA) is 40.9 Å². The first-order valence-electron chi connectivity index (χ1n) is 4.96. The predicted octanol–water partition coefficient (Wildman–Crippen LogP) is 2.72. The molecule has 0 unspecified atom stereocenters. The van der Waals surface area contributed by atoms with Crippen LogP contribution in [0, 0.1) is 16.7 Å². The molecule has 2 heteroatoms. The van der Waals surface area contributed by atoms with Crippen LogP contribution in [0.5, 0.6) is 0 Å². The van der Waals surface area contributed by atoms with Crippen molar-refractivity contribution < 1.29 is 4.79 Å². The zero-order chi connectivity index (χ0) is 11.5. The SMILES string of the molecule is CC(C)(C)C(=O)Cc1cccc(C#N)c1. The number of benzene rings is 1. The standard InChI is InChI=1S/C13H15NO/c1-13(2,3)12(15)8-10-5-4-6-11(7-10)9-14/h4-7H,8H2,1-3H3. The van der Waals surface area contributed by atoms with Crippen LogP contribution in [0.4, 0.5) is 0 Å². The quantitative estimate of drug-likeness (QED) is 0.738. The molecule has 15 heavy (non-hydrogen) atoms. The van der Waals surface area contributed by atoms with Gasteiger partial charge in [-0.05, 0) is 17.7 Å². The van der Waals surface area contributed by atoms with Gasteiger partial charge in [0.1, 0.15) is 5.78 Å². The third-order valence-corrected chi connectivity index (χ3v) is 2.26. The van der Waals surface area contributed by atoms with Crippen LogP contribution in [-0.4, -0.2) is 5.78 Å². The molecule has 0 atom stereocenters. The number of rotatable bonds is 2. The maximum absolute atomic E-state index is 11.8. The van der Waals surface area contributed by atoms with Gasteiger partial charge in [0.25, 0.3) is 0 Å². The number of ketones is 1. The molecule has 0 saturated heterocycles. The summed E-state index contributed by atoms with van der Waals surface area (Å²) in [7, 11) is 0. The van der Waals surface area contributed by atoms with E-state index in [4.69, 9.17) is 5.26 Å². The highest BCUT2D eigenvalue weighted by atomic mass is 16.1. The van der Waals surface area contributed by atoms with E-state index >= 15 is 0 Å². The number of Topliss-reactive ketones (excluding diaryl/α,β-unsaturated/α-hetero) is 1. The summed E-state index contributed by atoms with van der Waals surface area (Å²) in [5, 5.41) is 8.72. The molecule has 78 valence electrons. The Morgan fingerprint density at radius 3 is 2.60 bits per heavy atom. The lowest BCUT2D eigenvalue weighted by atomic mass is 9.87. The molecule has 0 spiro atoms. The number of hydrogen-bond donors (Lipinski definition) is 0. The summed E-state index contributed by atoms with van der Waals surface area (Å²) in [6, 6.07) is 9.27. The number of nitrogens with zero attached hydrogens (tertiary/aromatic N) is 1. The molecule has 1 aromatic rings. The average molecular weight is 201 g/mol. The zero-order valence-corrected chi connectivity index (χ0v) is 9.37. The van der Waals surface area contributed by atoms with Crippen LogP contribution < -0.4 is 0 Å². The summed E-state index contributed by atoms with van der Waals surface area (Å²) in [4.78, 5) is 11.8. The van der Waals surface area contributed by atoms with Gasteiger partial charge in [0.2, 0.25) is 0 Å². The van der Waals surface area contributed by atoms with Crippen molar-refractivity contribution in [3.05, 3.63) is 35.4 Å². The van der Waals surface area contributed by atoms with Crippen LogP contribution in [0.1, 0.15) is 31.9 Å². The van der Waals surface area contributed by atoms with E-state index < -0.39 is 0 Å². The van der Waals surface area contributed by atoms with E-state index in [9.17, 15) is 4.79 Å². The second-order valence-corrected chi connectivity index (χ2v) is 4.66. The summed E-state index contributed by atoms with van der Waals surface area (Å²) >= 11 is 0. The van der Waals surface area contributed by atoms with Crippen molar-refractivity contribution in [3.63, 3.8) is 0 Å². The lowest BCUT2D eigenvalue weighted by Gasteiger charge is -2.16. The van der Waals surface area contributed by atoms with Gasteiger partial charge in [-0.15, -0.1) is 0 Å². The Balaban J connectivity index is 2.83. The Labute approximate surface area is 90.5 Å². The second kappa shape index (κ2) is 4.27. The van der Waals surface area contributed by atoms with E-state index in [0.717, 1.165) is 5.56 Å². The van der Waals surface area contributed by atoms with Crippen LogP contribution >= 0.6 is 0 Å². The molecule has 0 aliphatic rings.